The Bertz CT molecular complexity index is 1540. The highest BCUT2D eigenvalue weighted by atomic mass is 32.2. The van der Waals surface area contributed by atoms with Crippen molar-refractivity contribution in [2.24, 2.45) is 0 Å². The zero-order valence-electron chi connectivity index (χ0n) is 20.1. The second kappa shape index (κ2) is 10.3. The number of methoxy groups -OCH3 is 1. The van der Waals surface area contributed by atoms with Crippen LogP contribution in [0.25, 0.3) is 17.1 Å². The average Bonchev–Trinajstić information content (AvgIpc) is 3.59. The van der Waals surface area contributed by atoms with Crippen LogP contribution in [0.2, 0.25) is 0 Å². The van der Waals surface area contributed by atoms with E-state index in [0.29, 0.717) is 22.6 Å². The number of halogens is 2. The first kappa shape index (κ1) is 25.5. The van der Waals surface area contributed by atoms with E-state index < -0.39 is 28.6 Å². The minimum Gasteiger partial charge on any atom is -0.453 e. The summed E-state index contributed by atoms with van der Waals surface area (Å²) in [6.07, 6.45) is -0.0664. The molecule has 0 unspecified atom stereocenters. The van der Waals surface area contributed by atoms with Crippen molar-refractivity contribution in [3.8, 4) is 11.5 Å². The van der Waals surface area contributed by atoms with Gasteiger partial charge in [-0.15, -0.1) is 10.2 Å². The van der Waals surface area contributed by atoms with Gasteiger partial charge in [0.05, 0.1) is 25.0 Å². The Labute approximate surface area is 216 Å². The highest BCUT2D eigenvalue weighted by Gasteiger charge is 2.34. The summed E-state index contributed by atoms with van der Waals surface area (Å²) < 4.78 is 67.1. The average molecular weight is 548 g/mol. The van der Waals surface area contributed by atoms with E-state index >= 15 is 0 Å². The minimum absolute atomic E-state index is 0.0728. The molecule has 5 rings (SSSR count). The van der Waals surface area contributed by atoms with Crippen molar-refractivity contribution in [3.63, 3.8) is 0 Å². The van der Waals surface area contributed by atoms with Crippen LogP contribution in [-0.4, -0.2) is 76.6 Å². The van der Waals surface area contributed by atoms with Crippen LogP contribution in [0.1, 0.15) is 18.0 Å². The molecule has 0 atom stereocenters. The number of ether oxygens (including phenoxy) is 1. The first-order chi connectivity index (χ1) is 18.3. The highest BCUT2D eigenvalue weighted by molar-refractivity contribution is 7.90. The van der Waals surface area contributed by atoms with Crippen LogP contribution in [-0.2, 0) is 21.5 Å². The molecule has 200 valence electrons. The largest absolute Gasteiger partial charge is 0.453 e. The molecule has 1 amide bonds. The second-order valence-electron chi connectivity index (χ2n) is 8.37. The van der Waals surface area contributed by atoms with Crippen LogP contribution in [0.3, 0.4) is 0 Å². The van der Waals surface area contributed by atoms with Crippen LogP contribution < -0.4 is 4.31 Å². The number of alkyl halides is 2. The molecule has 1 fully saturated rings. The number of rotatable bonds is 7. The van der Waals surface area contributed by atoms with Crippen LogP contribution in [0.5, 0.6) is 0 Å². The van der Waals surface area contributed by atoms with Crippen LogP contribution in [0.4, 0.5) is 19.3 Å². The number of para-hydroxylation sites is 1. The molecule has 0 radical (unpaired) electrons. The fourth-order valence-electron chi connectivity index (χ4n) is 4.10. The maximum atomic E-state index is 13.7. The van der Waals surface area contributed by atoms with Gasteiger partial charge in [-0.3, -0.25) is 4.31 Å². The first-order valence-electron chi connectivity index (χ1n) is 11.5. The van der Waals surface area contributed by atoms with Crippen LogP contribution >= 0.6 is 0 Å². The monoisotopic (exact) mass is 547 g/mol. The molecule has 0 N–H and O–H groups in total. The third-order valence-corrected chi connectivity index (χ3v) is 7.93. The molecule has 0 saturated carbocycles. The van der Waals surface area contributed by atoms with E-state index in [-0.39, 0.29) is 38.6 Å². The van der Waals surface area contributed by atoms with Crippen LogP contribution in [0, 0.1) is 0 Å². The number of fused-ring (bicyclic) bond motifs is 1. The van der Waals surface area contributed by atoms with Crippen molar-refractivity contribution in [2.75, 3.05) is 37.6 Å². The van der Waals surface area contributed by atoms with E-state index in [0.717, 1.165) is 0 Å². The van der Waals surface area contributed by atoms with Crippen molar-refractivity contribution in [1.29, 1.82) is 0 Å². The molecule has 38 heavy (non-hydrogen) atoms. The summed E-state index contributed by atoms with van der Waals surface area (Å²) in [5, 5.41) is 7.00. The fraction of sp³-hybridized carbons (Fsp3) is 0.304. The lowest BCUT2D eigenvalue weighted by atomic mass is 10.2. The number of nitrogens with zero attached hydrogens (tertiary/aromatic N) is 7. The predicted octanol–water partition coefficient (Wildman–Crippen LogP) is 2.96. The van der Waals surface area contributed by atoms with Gasteiger partial charge in [-0.2, -0.15) is 21.5 Å². The molecular formula is C23H23F2N7O5S. The number of carbonyl (C=O) groups is 1. The maximum absolute atomic E-state index is 13.7. The summed E-state index contributed by atoms with van der Waals surface area (Å²) in [6.45, 7) is 0.556. The van der Waals surface area contributed by atoms with E-state index in [4.69, 9.17) is 9.15 Å². The lowest BCUT2D eigenvalue weighted by Crippen LogP contribution is -2.54. The minimum atomic E-state index is -3.99. The Balaban J connectivity index is 1.42. The van der Waals surface area contributed by atoms with Crippen molar-refractivity contribution in [2.45, 2.75) is 13.0 Å². The molecule has 4 aromatic rings. The first-order valence-corrected chi connectivity index (χ1v) is 12.9. The normalized spacial score (nSPS) is 14.8. The molecule has 15 heteroatoms. The number of pyridine rings is 1. The van der Waals surface area contributed by atoms with E-state index in [9.17, 15) is 22.0 Å². The van der Waals surface area contributed by atoms with Gasteiger partial charge in [-0.05, 0) is 24.3 Å². The number of benzene rings is 1. The lowest BCUT2D eigenvalue weighted by Gasteiger charge is -2.36. The number of hydrogen-bond donors (Lipinski definition) is 0. The Hall–Kier alpha value is -4.11. The standard InChI is InChI=1S/C23H23F2N7O5S/c1-36-23(33)29-9-11-31(12-10-29)38(34,35)32(18-5-3-2-4-6-18)15-17-14-30-8-7-16(13-19(30)26-17)21-27-28-22(37-21)20(24)25/h2-8,13-14,20H,9-12,15H2,1H3. The van der Waals surface area contributed by atoms with Crippen molar-refractivity contribution in [1.82, 2.24) is 28.8 Å². The number of imidazole rings is 1. The topological polar surface area (TPSA) is 126 Å². The van der Waals surface area contributed by atoms with Crippen LogP contribution in [0.15, 0.2) is 59.3 Å². The summed E-state index contributed by atoms with van der Waals surface area (Å²) in [6, 6.07) is 11.8. The predicted molar refractivity (Wildman–Crippen MR) is 131 cm³/mol. The van der Waals surface area contributed by atoms with E-state index in [1.807, 2.05) is 0 Å². The van der Waals surface area contributed by atoms with Gasteiger partial charge >= 0.3 is 22.7 Å². The zero-order chi connectivity index (χ0) is 26.9. The van der Waals surface area contributed by atoms with Crippen molar-refractivity contribution >= 4 is 27.6 Å². The maximum Gasteiger partial charge on any atom is 0.409 e. The van der Waals surface area contributed by atoms with E-state index in [1.165, 1.54) is 20.6 Å². The third-order valence-electron chi connectivity index (χ3n) is 6.01. The molecule has 3 aromatic heterocycles. The molecular weight excluding hydrogens is 524 g/mol. The molecule has 0 bridgehead atoms. The van der Waals surface area contributed by atoms with Gasteiger partial charge in [0.25, 0.3) is 5.89 Å². The van der Waals surface area contributed by atoms with Gasteiger partial charge in [0, 0.05) is 44.1 Å². The summed E-state index contributed by atoms with van der Waals surface area (Å²) in [5.74, 6) is -0.855. The van der Waals surface area contributed by atoms with Crippen molar-refractivity contribution in [3.05, 3.63) is 66.4 Å². The summed E-state index contributed by atoms with van der Waals surface area (Å²) in [7, 11) is -2.71. The molecule has 1 aromatic carbocycles. The van der Waals surface area contributed by atoms with Gasteiger partial charge in [-0.1, -0.05) is 18.2 Å². The summed E-state index contributed by atoms with van der Waals surface area (Å²) >= 11 is 0. The number of hydrogen-bond acceptors (Lipinski definition) is 8. The molecule has 1 saturated heterocycles. The smallest absolute Gasteiger partial charge is 0.409 e. The Morgan fingerprint density at radius 3 is 2.53 bits per heavy atom. The van der Waals surface area contributed by atoms with Gasteiger partial charge in [0.2, 0.25) is 5.89 Å². The summed E-state index contributed by atoms with van der Waals surface area (Å²) in [4.78, 5) is 17.8. The SMILES string of the molecule is COC(=O)N1CCN(S(=O)(=O)N(Cc2cn3ccc(-c4nnc(C(F)F)o4)cc3n2)c2ccccc2)CC1. The van der Waals surface area contributed by atoms with E-state index in [1.54, 1.807) is 59.3 Å². The van der Waals surface area contributed by atoms with Gasteiger partial charge in [-0.25, -0.2) is 9.78 Å². The zero-order valence-corrected chi connectivity index (χ0v) is 21.0. The molecule has 0 aliphatic carbocycles. The molecule has 4 heterocycles. The van der Waals surface area contributed by atoms with E-state index in [2.05, 4.69) is 15.2 Å². The molecule has 12 nitrogen and oxygen atoms in total. The van der Waals surface area contributed by atoms with Crippen molar-refractivity contribution < 1.29 is 31.1 Å². The highest BCUT2D eigenvalue weighted by Crippen LogP contribution is 2.26. The number of piperazine rings is 1. The van der Waals surface area contributed by atoms with Gasteiger partial charge < -0.3 is 18.5 Å². The Morgan fingerprint density at radius 1 is 1.13 bits per heavy atom. The number of aromatic nitrogens is 4. The molecule has 1 aliphatic heterocycles. The lowest BCUT2D eigenvalue weighted by molar-refractivity contribution is 0.107. The number of anilines is 1. The summed E-state index contributed by atoms with van der Waals surface area (Å²) in [5.41, 5.74) is 1.73. The molecule has 0 spiro atoms. The van der Waals surface area contributed by atoms with Gasteiger partial charge in [0.1, 0.15) is 5.65 Å². The third kappa shape index (κ3) is 5.02. The fourth-order valence-corrected chi connectivity index (χ4v) is 5.69. The molecule has 1 aliphatic rings. The van der Waals surface area contributed by atoms with Gasteiger partial charge in [0.15, 0.2) is 0 Å². The Morgan fingerprint density at radius 2 is 1.87 bits per heavy atom. The number of amides is 1. The second-order valence-corrected chi connectivity index (χ2v) is 10.2. The quantitative estimate of drug-likeness (QED) is 0.346. The number of carbonyl (C=O) groups excluding carboxylic acids is 1. The Kier molecular flexibility index (Phi) is 6.94.